The second-order valence-corrected chi connectivity index (χ2v) is 34.3. The number of phosphoric ester groups is 2. The normalized spacial score (nSPS) is 14.8. The van der Waals surface area contributed by atoms with E-state index in [1.807, 2.05) is 0 Å². The first-order valence-electron chi connectivity index (χ1n) is 43.3. The lowest BCUT2D eigenvalue weighted by Crippen LogP contribution is -2.30. The number of hydrogen-bond donors (Lipinski definition) is 3. The molecule has 3 N–H and O–H groups in total. The van der Waals surface area contributed by atoms with Gasteiger partial charge in [-0.1, -0.05) is 383 Å². The van der Waals surface area contributed by atoms with Crippen molar-refractivity contribution in [1.82, 2.24) is 0 Å². The summed E-state index contributed by atoms with van der Waals surface area (Å²) in [6, 6.07) is 0. The zero-order chi connectivity index (χ0) is 76.0. The van der Waals surface area contributed by atoms with Crippen molar-refractivity contribution in [2.75, 3.05) is 39.6 Å². The van der Waals surface area contributed by atoms with Crippen molar-refractivity contribution in [2.45, 2.75) is 453 Å². The monoisotopic (exact) mass is 1510 g/mol. The topological polar surface area (TPSA) is 237 Å². The Kier molecular flexibility index (Phi) is 71.5. The van der Waals surface area contributed by atoms with Crippen molar-refractivity contribution in [3.63, 3.8) is 0 Å². The van der Waals surface area contributed by atoms with Crippen LogP contribution in [0.5, 0.6) is 0 Å². The Morgan fingerprint density at radius 1 is 0.272 bits per heavy atom. The predicted octanol–water partition coefficient (Wildman–Crippen LogP) is 25.2. The second kappa shape index (κ2) is 72.9. The molecule has 0 heterocycles. The van der Waals surface area contributed by atoms with E-state index in [0.29, 0.717) is 25.7 Å². The fraction of sp³-hybridized carbons (Fsp3) is 0.952. The molecule has 0 bridgehead atoms. The Morgan fingerprint density at radius 3 is 0.689 bits per heavy atom. The molecular weight excluding hydrogens is 1340 g/mol. The second-order valence-electron chi connectivity index (χ2n) is 31.4. The number of hydrogen-bond acceptors (Lipinski definition) is 15. The lowest BCUT2D eigenvalue weighted by molar-refractivity contribution is -0.161. The van der Waals surface area contributed by atoms with Gasteiger partial charge < -0.3 is 33.8 Å². The maximum Gasteiger partial charge on any atom is 0.472 e. The van der Waals surface area contributed by atoms with Gasteiger partial charge in [0.1, 0.15) is 19.3 Å². The SMILES string of the molecule is CCC(C)CCCCCCCCCCCCCCCCC(=O)O[C@H](COC(=O)CCCCCCCCC(C)CC)COP(=O)(O)OC[C@H](O)COP(=O)(O)OC[C@@H](COC(=O)CCCCCCCCCCCCCCCCCCCCC(C)C)OC(=O)CCCCCCCCCCCCC(C)CC. The van der Waals surface area contributed by atoms with Crippen LogP contribution in [-0.4, -0.2) is 96.7 Å². The van der Waals surface area contributed by atoms with E-state index in [1.54, 1.807) is 0 Å². The minimum atomic E-state index is -4.96. The molecule has 103 heavy (non-hydrogen) atoms. The average Bonchev–Trinajstić information content (AvgIpc) is 0.948. The van der Waals surface area contributed by atoms with E-state index >= 15 is 0 Å². The quantitative estimate of drug-likeness (QED) is 0.0222. The van der Waals surface area contributed by atoms with Gasteiger partial charge in [-0.25, -0.2) is 9.13 Å². The highest BCUT2D eigenvalue weighted by Crippen LogP contribution is 2.45. The van der Waals surface area contributed by atoms with E-state index in [-0.39, 0.29) is 25.7 Å². The molecule has 0 aromatic heterocycles. The molecule has 0 aliphatic rings. The molecule has 0 aromatic carbocycles. The van der Waals surface area contributed by atoms with E-state index in [9.17, 15) is 43.2 Å². The Bertz CT molecular complexity index is 2010. The highest BCUT2D eigenvalue weighted by atomic mass is 31.2. The largest absolute Gasteiger partial charge is 0.472 e. The molecule has 0 saturated heterocycles. The number of rotatable bonds is 81. The minimum absolute atomic E-state index is 0.106. The molecule has 0 rings (SSSR count). The summed E-state index contributed by atoms with van der Waals surface area (Å²) in [6.07, 6.45) is 61.0. The third-order valence-electron chi connectivity index (χ3n) is 20.7. The minimum Gasteiger partial charge on any atom is -0.462 e. The Morgan fingerprint density at radius 2 is 0.466 bits per heavy atom. The number of carbonyl (C=O) groups is 4. The first-order valence-corrected chi connectivity index (χ1v) is 46.3. The van der Waals surface area contributed by atoms with Crippen molar-refractivity contribution in [2.24, 2.45) is 23.7 Å². The molecule has 612 valence electrons. The van der Waals surface area contributed by atoms with Crippen LogP contribution < -0.4 is 0 Å². The highest BCUT2D eigenvalue weighted by Gasteiger charge is 2.30. The van der Waals surface area contributed by atoms with E-state index < -0.39 is 97.5 Å². The Labute approximate surface area is 632 Å². The fourth-order valence-corrected chi connectivity index (χ4v) is 14.4. The number of phosphoric acid groups is 2. The number of carbonyl (C=O) groups excluding carboxylic acids is 4. The molecular formula is C84H164O17P2. The summed E-state index contributed by atoms with van der Waals surface area (Å²) in [7, 11) is -9.93. The molecule has 0 aliphatic heterocycles. The van der Waals surface area contributed by atoms with E-state index in [2.05, 4.69) is 55.4 Å². The first-order chi connectivity index (χ1) is 49.7. The molecule has 0 radical (unpaired) electrons. The Balaban J connectivity index is 5.21. The molecule has 5 unspecified atom stereocenters. The molecule has 0 saturated carbocycles. The van der Waals surface area contributed by atoms with Gasteiger partial charge in [0.05, 0.1) is 26.4 Å². The van der Waals surface area contributed by atoms with E-state index in [0.717, 1.165) is 120 Å². The summed E-state index contributed by atoms with van der Waals surface area (Å²) in [5, 5.41) is 10.7. The van der Waals surface area contributed by atoms with E-state index in [4.69, 9.17) is 37.0 Å². The number of aliphatic hydroxyl groups is 1. The van der Waals surface area contributed by atoms with Crippen LogP contribution >= 0.6 is 15.6 Å². The van der Waals surface area contributed by atoms with Gasteiger partial charge in [0, 0.05) is 25.7 Å². The van der Waals surface area contributed by atoms with Crippen molar-refractivity contribution in [1.29, 1.82) is 0 Å². The molecule has 0 fully saturated rings. The maximum absolute atomic E-state index is 13.1. The summed E-state index contributed by atoms with van der Waals surface area (Å²) in [5.74, 6) is 1.09. The van der Waals surface area contributed by atoms with Crippen LogP contribution in [0.1, 0.15) is 434 Å². The van der Waals surface area contributed by atoms with Gasteiger partial charge in [0.25, 0.3) is 0 Å². The lowest BCUT2D eigenvalue weighted by Gasteiger charge is -2.21. The number of ether oxygens (including phenoxy) is 4. The summed E-state index contributed by atoms with van der Waals surface area (Å²) in [4.78, 5) is 73.1. The van der Waals surface area contributed by atoms with Crippen LogP contribution in [0.2, 0.25) is 0 Å². The van der Waals surface area contributed by atoms with Crippen molar-refractivity contribution >= 4 is 39.5 Å². The lowest BCUT2D eigenvalue weighted by atomic mass is 9.99. The summed E-state index contributed by atoms with van der Waals surface area (Å²) < 4.78 is 68.8. The third-order valence-corrected chi connectivity index (χ3v) is 22.6. The van der Waals surface area contributed by atoms with Gasteiger partial charge in [0.2, 0.25) is 0 Å². The van der Waals surface area contributed by atoms with Crippen LogP contribution in [0.3, 0.4) is 0 Å². The smallest absolute Gasteiger partial charge is 0.462 e. The van der Waals surface area contributed by atoms with Crippen LogP contribution in [-0.2, 0) is 65.4 Å². The van der Waals surface area contributed by atoms with E-state index in [1.165, 1.54) is 231 Å². The van der Waals surface area contributed by atoms with Crippen LogP contribution in [0.15, 0.2) is 0 Å². The van der Waals surface area contributed by atoms with Gasteiger partial charge in [-0.05, 0) is 49.4 Å². The fourth-order valence-electron chi connectivity index (χ4n) is 12.9. The van der Waals surface area contributed by atoms with Crippen molar-refractivity contribution in [3.8, 4) is 0 Å². The highest BCUT2D eigenvalue weighted by molar-refractivity contribution is 7.47. The molecule has 0 aliphatic carbocycles. The summed E-state index contributed by atoms with van der Waals surface area (Å²) >= 11 is 0. The third kappa shape index (κ3) is 74.0. The van der Waals surface area contributed by atoms with Gasteiger partial charge in [0.15, 0.2) is 12.2 Å². The molecule has 8 atom stereocenters. The molecule has 0 spiro atoms. The summed E-state index contributed by atoms with van der Waals surface area (Å²) in [6.45, 7) is 14.3. The van der Waals surface area contributed by atoms with Crippen LogP contribution in [0, 0.1) is 23.7 Å². The van der Waals surface area contributed by atoms with Crippen molar-refractivity contribution < 1.29 is 80.2 Å². The van der Waals surface area contributed by atoms with Gasteiger partial charge in [-0.3, -0.25) is 37.3 Å². The zero-order valence-corrected chi connectivity index (χ0v) is 69.7. The van der Waals surface area contributed by atoms with Crippen LogP contribution in [0.25, 0.3) is 0 Å². The summed E-state index contributed by atoms with van der Waals surface area (Å²) in [5.41, 5.74) is 0. The van der Waals surface area contributed by atoms with Crippen LogP contribution in [0.4, 0.5) is 0 Å². The Hall–Kier alpha value is -1.94. The van der Waals surface area contributed by atoms with Gasteiger partial charge >= 0.3 is 39.5 Å². The maximum atomic E-state index is 13.1. The van der Waals surface area contributed by atoms with Gasteiger partial charge in [-0.2, -0.15) is 0 Å². The van der Waals surface area contributed by atoms with Crippen molar-refractivity contribution in [3.05, 3.63) is 0 Å². The molecule has 0 amide bonds. The number of aliphatic hydroxyl groups excluding tert-OH is 1. The van der Waals surface area contributed by atoms with Gasteiger partial charge in [-0.15, -0.1) is 0 Å². The standard InChI is InChI=1S/C84H164O17P2/c1-9-75(6)61-53-45-37-31-25-21-18-19-23-27-34-40-50-58-66-83(88)101-80(71-95-82(87)65-57-49-43-42-47-55-63-77(8)11-3)73-99-103(92,93)97-69-78(85)68-96-102(90,91)98-72-79(100-84(89)67-59-51-41-35-29-28-32-38-46-54-62-76(7)10-2)70-94-81(86)64-56-48-39-33-26-22-17-15-13-12-14-16-20-24-30-36-44-52-60-74(4)5/h74-80,85H,9-73H2,1-8H3,(H,90,91)(H,92,93)/t75?,76?,77?,78-,79-,80-/m1/s1. The number of esters is 4. The molecule has 0 aromatic rings. The molecule has 19 heteroatoms. The average molecular weight is 1510 g/mol. The first kappa shape index (κ1) is 101. The predicted molar refractivity (Wildman–Crippen MR) is 423 cm³/mol. The zero-order valence-electron chi connectivity index (χ0n) is 68.0. The number of unbranched alkanes of at least 4 members (excludes halogenated alkanes) is 44. The molecule has 17 nitrogen and oxygen atoms in total.